The van der Waals surface area contributed by atoms with Crippen LogP contribution in [0.2, 0.25) is 0 Å². The summed E-state index contributed by atoms with van der Waals surface area (Å²) in [5.41, 5.74) is 7.32. The summed E-state index contributed by atoms with van der Waals surface area (Å²) in [5.74, 6) is -1.07. The molecule has 0 aromatic heterocycles. The summed E-state index contributed by atoms with van der Waals surface area (Å²) in [6.07, 6.45) is -0.648. The second-order valence-electron chi connectivity index (χ2n) is 6.47. The van der Waals surface area contributed by atoms with Crippen LogP contribution in [-0.2, 0) is 25.1 Å². The average molecular weight is 382 g/mol. The van der Waals surface area contributed by atoms with Crippen molar-refractivity contribution in [3.63, 3.8) is 0 Å². The molecule has 2 fully saturated rings. The third-order valence-electron chi connectivity index (χ3n) is 4.84. The maximum Gasteiger partial charge on any atom is 0.335 e. The van der Waals surface area contributed by atoms with E-state index in [0.29, 0.717) is 0 Å². The first-order valence-corrected chi connectivity index (χ1v) is 9.69. The van der Waals surface area contributed by atoms with E-state index in [1.165, 1.54) is 4.90 Å². The number of carbonyl (C=O) groups excluding carboxylic acids is 2. The minimum absolute atomic E-state index is 0.158. The van der Waals surface area contributed by atoms with Gasteiger partial charge in [-0.25, -0.2) is 4.79 Å². The fourth-order valence-corrected chi connectivity index (χ4v) is 5.01. The normalized spacial score (nSPS) is 26.7. The van der Waals surface area contributed by atoms with Crippen molar-refractivity contribution in [3.8, 4) is 0 Å². The van der Waals surface area contributed by atoms with Gasteiger partial charge in [-0.05, 0) is 11.1 Å². The Morgan fingerprint density at radius 3 is 2.11 bits per heavy atom. The first-order chi connectivity index (χ1) is 13.0. The maximum atomic E-state index is 12.9. The van der Waals surface area contributed by atoms with Gasteiger partial charge in [0.1, 0.15) is 11.4 Å². The van der Waals surface area contributed by atoms with Gasteiger partial charge in [-0.2, -0.15) is 0 Å². The SMILES string of the molecule is C=C1C(C(=O)OC(c2ccccc2)c2ccccc2)N2C(=O)C(N)C2S1=O. The van der Waals surface area contributed by atoms with Gasteiger partial charge in [0.05, 0.1) is 10.8 Å². The molecule has 0 bridgehead atoms. The monoisotopic (exact) mass is 382 g/mol. The number of hydrogen-bond acceptors (Lipinski definition) is 5. The molecule has 2 saturated heterocycles. The largest absolute Gasteiger partial charge is 0.451 e. The van der Waals surface area contributed by atoms with Crippen LogP contribution in [0.15, 0.2) is 72.1 Å². The lowest BCUT2D eigenvalue weighted by atomic mass is 10.0. The number of hydrogen-bond donors (Lipinski definition) is 1. The number of ether oxygens (including phenoxy) is 1. The van der Waals surface area contributed by atoms with Crippen LogP contribution >= 0.6 is 0 Å². The van der Waals surface area contributed by atoms with E-state index in [-0.39, 0.29) is 4.91 Å². The quantitative estimate of drug-likeness (QED) is 0.639. The standard InChI is InChI=1S/C20H18N2O4S/c1-12-16(22-18(23)15(21)19(22)27(12)25)20(24)26-17(13-8-4-2-5-9-13)14-10-6-3-7-11-14/h2-11,15-17,19H,1,21H2. The van der Waals surface area contributed by atoms with Crippen LogP contribution in [0, 0.1) is 0 Å². The van der Waals surface area contributed by atoms with Crippen LogP contribution in [0.1, 0.15) is 17.2 Å². The fraction of sp³-hybridized carbons (Fsp3) is 0.200. The van der Waals surface area contributed by atoms with E-state index in [1.54, 1.807) is 0 Å². The molecule has 27 heavy (non-hydrogen) atoms. The molecule has 2 aromatic carbocycles. The van der Waals surface area contributed by atoms with Crippen molar-refractivity contribution in [1.82, 2.24) is 4.90 Å². The van der Waals surface area contributed by atoms with Gasteiger partial charge in [0.15, 0.2) is 12.1 Å². The zero-order valence-electron chi connectivity index (χ0n) is 14.4. The number of β-lactam (4-membered cyclic amide) rings is 1. The summed E-state index contributed by atoms with van der Waals surface area (Å²) in [4.78, 5) is 26.4. The first kappa shape index (κ1) is 17.6. The molecule has 0 radical (unpaired) electrons. The van der Waals surface area contributed by atoms with Gasteiger partial charge in [0, 0.05) is 4.91 Å². The van der Waals surface area contributed by atoms with Crippen LogP contribution in [-0.4, -0.2) is 38.4 Å². The number of nitrogens with zero attached hydrogens (tertiary/aromatic N) is 1. The van der Waals surface area contributed by atoms with Crippen molar-refractivity contribution in [1.29, 1.82) is 0 Å². The van der Waals surface area contributed by atoms with Crippen LogP contribution in [0.25, 0.3) is 0 Å². The van der Waals surface area contributed by atoms with Crippen molar-refractivity contribution in [2.45, 2.75) is 23.6 Å². The zero-order valence-corrected chi connectivity index (χ0v) is 15.2. The van der Waals surface area contributed by atoms with E-state index in [9.17, 15) is 13.8 Å². The topological polar surface area (TPSA) is 89.7 Å². The predicted molar refractivity (Wildman–Crippen MR) is 100 cm³/mol. The highest BCUT2D eigenvalue weighted by atomic mass is 32.2. The Bertz CT molecular complexity index is 892. The molecule has 2 aliphatic heterocycles. The molecule has 4 unspecified atom stereocenters. The summed E-state index contributed by atoms with van der Waals surface area (Å²) in [6, 6.07) is 16.7. The van der Waals surface area contributed by atoms with Gasteiger partial charge in [0.2, 0.25) is 5.91 Å². The molecule has 2 aromatic rings. The Balaban J connectivity index is 1.64. The van der Waals surface area contributed by atoms with Gasteiger partial charge in [-0.3, -0.25) is 9.00 Å². The summed E-state index contributed by atoms with van der Waals surface area (Å²) in [6.45, 7) is 3.75. The minimum atomic E-state index is -1.58. The molecule has 6 nitrogen and oxygen atoms in total. The van der Waals surface area contributed by atoms with Gasteiger partial charge in [-0.15, -0.1) is 0 Å². The van der Waals surface area contributed by atoms with Crippen LogP contribution in [0.5, 0.6) is 0 Å². The molecular formula is C20H18N2O4S. The van der Waals surface area contributed by atoms with Gasteiger partial charge in [-0.1, -0.05) is 67.2 Å². The fourth-order valence-electron chi connectivity index (χ4n) is 3.45. The molecule has 7 heteroatoms. The molecule has 2 aliphatic rings. The Morgan fingerprint density at radius 2 is 1.59 bits per heavy atom. The zero-order chi connectivity index (χ0) is 19.1. The molecule has 138 valence electrons. The average Bonchev–Trinajstić information content (AvgIpc) is 2.95. The van der Waals surface area contributed by atoms with E-state index >= 15 is 0 Å². The van der Waals surface area contributed by atoms with E-state index in [2.05, 4.69) is 6.58 Å². The molecule has 0 spiro atoms. The van der Waals surface area contributed by atoms with Crippen molar-refractivity contribution in [2.24, 2.45) is 5.73 Å². The van der Waals surface area contributed by atoms with Crippen LogP contribution < -0.4 is 5.73 Å². The smallest absolute Gasteiger partial charge is 0.335 e. The number of rotatable bonds is 4. The molecule has 0 aliphatic carbocycles. The Labute approximate surface area is 159 Å². The summed E-state index contributed by atoms with van der Waals surface area (Å²) in [7, 11) is -1.58. The number of fused-ring (bicyclic) bond motifs is 1. The first-order valence-electron chi connectivity index (χ1n) is 8.48. The maximum absolute atomic E-state index is 12.9. The van der Waals surface area contributed by atoms with Crippen molar-refractivity contribution in [2.75, 3.05) is 0 Å². The predicted octanol–water partition coefficient (Wildman–Crippen LogP) is 1.46. The highest BCUT2D eigenvalue weighted by Gasteiger charge is 2.61. The van der Waals surface area contributed by atoms with Gasteiger partial charge < -0.3 is 15.4 Å². The molecular weight excluding hydrogens is 364 g/mol. The molecule has 4 rings (SSSR count). The van der Waals surface area contributed by atoms with Crippen molar-refractivity contribution < 1.29 is 18.5 Å². The minimum Gasteiger partial charge on any atom is -0.451 e. The molecule has 4 atom stereocenters. The van der Waals surface area contributed by atoms with E-state index in [4.69, 9.17) is 10.5 Å². The van der Waals surface area contributed by atoms with Gasteiger partial charge >= 0.3 is 5.97 Å². The third-order valence-corrected chi connectivity index (χ3v) is 6.54. The second-order valence-corrected chi connectivity index (χ2v) is 8.07. The summed E-state index contributed by atoms with van der Waals surface area (Å²) < 4.78 is 18.2. The van der Waals surface area contributed by atoms with E-state index < -0.39 is 46.2 Å². The lowest BCUT2D eigenvalue weighted by molar-refractivity contribution is -0.162. The number of esters is 1. The lowest BCUT2D eigenvalue weighted by Gasteiger charge is -2.40. The highest BCUT2D eigenvalue weighted by molar-refractivity contribution is 7.90. The van der Waals surface area contributed by atoms with Crippen molar-refractivity contribution >= 4 is 22.7 Å². The third kappa shape index (κ3) is 2.79. The Hall–Kier alpha value is -2.77. The van der Waals surface area contributed by atoms with Gasteiger partial charge in [0.25, 0.3) is 0 Å². The molecule has 0 saturated carbocycles. The molecule has 2 N–H and O–H groups in total. The Morgan fingerprint density at radius 1 is 1.07 bits per heavy atom. The van der Waals surface area contributed by atoms with E-state index in [1.807, 2.05) is 60.7 Å². The summed E-state index contributed by atoms with van der Waals surface area (Å²) >= 11 is 0. The lowest BCUT2D eigenvalue weighted by Crippen LogP contribution is -2.69. The highest BCUT2D eigenvalue weighted by Crippen LogP contribution is 2.39. The number of carbonyl (C=O) groups is 2. The van der Waals surface area contributed by atoms with Crippen LogP contribution in [0.4, 0.5) is 0 Å². The summed E-state index contributed by atoms with van der Waals surface area (Å²) in [5, 5.41) is -0.700. The number of benzene rings is 2. The van der Waals surface area contributed by atoms with Crippen molar-refractivity contribution in [3.05, 3.63) is 83.3 Å². The second kappa shape index (κ2) is 6.75. The Kier molecular flexibility index (Phi) is 4.41. The number of amides is 1. The number of nitrogens with two attached hydrogens (primary N) is 1. The molecule has 1 amide bonds. The van der Waals surface area contributed by atoms with Crippen LogP contribution in [0.3, 0.4) is 0 Å². The van der Waals surface area contributed by atoms with E-state index in [0.717, 1.165) is 11.1 Å². The molecule has 2 heterocycles.